The molecule has 0 amide bonds. The molecule has 0 radical (unpaired) electrons. The molecule has 2 rings (SSSR count). The van der Waals surface area contributed by atoms with Gasteiger partial charge >= 0.3 is 5.97 Å². The summed E-state index contributed by atoms with van der Waals surface area (Å²) >= 11 is 0. The molecule has 0 aromatic carbocycles. The van der Waals surface area contributed by atoms with Gasteiger partial charge in [0.15, 0.2) is 0 Å². The molecular formula is C12H19N3O2. The minimum absolute atomic E-state index is 0.274. The number of nitrogens with one attached hydrogen (secondary N) is 1. The topological polar surface area (TPSA) is 67.2 Å². The zero-order valence-corrected chi connectivity index (χ0v) is 10.1. The third-order valence-electron chi connectivity index (χ3n) is 3.38. The molecule has 5 nitrogen and oxygen atoms in total. The van der Waals surface area contributed by atoms with Crippen molar-refractivity contribution < 1.29 is 9.90 Å². The Morgan fingerprint density at radius 1 is 1.59 bits per heavy atom. The summed E-state index contributed by atoms with van der Waals surface area (Å²) in [6.07, 6.45) is 6.47. The summed E-state index contributed by atoms with van der Waals surface area (Å²) in [4.78, 5) is 15.2. The molecule has 1 aliphatic carbocycles. The summed E-state index contributed by atoms with van der Waals surface area (Å²) in [5.74, 6) is -0.0942. The maximum absolute atomic E-state index is 11.0. The Labute approximate surface area is 101 Å². The second kappa shape index (κ2) is 5.31. The minimum atomic E-state index is -0.911. The van der Waals surface area contributed by atoms with Crippen LogP contribution in [-0.2, 0) is 13.1 Å². The third kappa shape index (κ3) is 2.66. The van der Waals surface area contributed by atoms with E-state index in [0.29, 0.717) is 19.1 Å². The summed E-state index contributed by atoms with van der Waals surface area (Å²) in [5.41, 5.74) is 0.274. The zero-order chi connectivity index (χ0) is 12.3. The van der Waals surface area contributed by atoms with Crippen LogP contribution in [0.15, 0.2) is 6.20 Å². The van der Waals surface area contributed by atoms with Gasteiger partial charge in [-0.15, -0.1) is 0 Å². The fourth-order valence-corrected chi connectivity index (χ4v) is 2.44. The van der Waals surface area contributed by atoms with Gasteiger partial charge < -0.3 is 15.0 Å². The first-order valence-corrected chi connectivity index (χ1v) is 6.23. The number of hydrogen-bond donors (Lipinski definition) is 2. The molecule has 1 heterocycles. The maximum Gasteiger partial charge on any atom is 0.354 e. The molecule has 0 unspecified atom stereocenters. The Kier molecular flexibility index (Phi) is 3.78. The van der Waals surface area contributed by atoms with E-state index in [1.807, 2.05) is 6.92 Å². The van der Waals surface area contributed by atoms with Crippen molar-refractivity contribution in [3.05, 3.63) is 17.7 Å². The number of carbonyl (C=O) groups is 1. The van der Waals surface area contributed by atoms with E-state index >= 15 is 0 Å². The van der Waals surface area contributed by atoms with E-state index in [1.165, 1.54) is 31.9 Å². The SMILES string of the molecule is CCn1c(C(=O)O)cnc1CNC1CCCC1. The molecule has 0 saturated heterocycles. The molecule has 1 aliphatic rings. The van der Waals surface area contributed by atoms with E-state index in [2.05, 4.69) is 10.3 Å². The van der Waals surface area contributed by atoms with Crippen molar-refractivity contribution in [1.29, 1.82) is 0 Å². The summed E-state index contributed by atoms with van der Waals surface area (Å²) in [6, 6.07) is 0.574. The smallest absolute Gasteiger partial charge is 0.354 e. The van der Waals surface area contributed by atoms with Gasteiger partial charge in [-0.1, -0.05) is 12.8 Å². The van der Waals surface area contributed by atoms with E-state index in [1.54, 1.807) is 4.57 Å². The molecule has 1 fully saturated rings. The molecular weight excluding hydrogens is 218 g/mol. The Morgan fingerprint density at radius 2 is 2.29 bits per heavy atom. The van der Waals surface area contributed by atoms with Crippen molar-refractivity contribution in [1.82, 2.24) is 14.9 Å². The van der Waals surface area contributed by atoms with E-state index < -0.39 is 5.97 Å². The van der Waals surface area contributed by atoms with Gasteiger partial charge in [0.25, 0.3) is 0 Å². The Morgan fingerprint density at radius 3 is 2.88 bits per heavy atom. The third-order valence-corrected chi connectivity index (χ3v) is 3.38. The van der Waals surface area contributed by atoms with Crippen molar-refractivity contribution in [2.24, 2.45) is 0 Å². The van der Waals surface area contributed by atoms with Crippen LogP contribution >= 0.6 is 0 Å². The highest BCUT2D eigenvalue weighted by Crippen LogP contribution is 2.18. The summed E-state index contributed by atoms with van der Waals surface area (Å²) in [7, 11) is 0. The van der Waals surface area contributed by atoms with Crippen molar-refractivity contribution in [2.45, 2.75) is 51.7 Å². The Bertz CT molecular complexity index is 394. The lowest BCUT2D eigenvalue weighted by Gasteiger charge is -2.12. The first-order valence-electron chi connectivity index (χ1n) is 6.23. The average molecular weight is 237 g/mol. The minimum Gasteiger partial charge on any atom is -0.477 e. The molecule has 1 saturated carbocycles. The van der Waals surface area contributed by atoms with Gasteiger partial charge in [0.2, 0.25) is 0 Å². The predicted molar refractivity (Wildman–Crippen MR) is 64.0 cm³/mol. The molecule has 94 valence electrons. The van der Waals surface area contributed by atoms with E-state index in [0.717, 1.165) is 5.82 Å². The van der Waals surface area contributed by atoms with Crippen LogP contribution < -0.4 is 5.32 Å². The Balaban J connectivity index is 2.02. The van der Waals surface area contributed by atoms with E-state index in [4.69, 9.17) is 5.11 Å². The highest BCUT2D eigenvalue weighted by molar-refractivity contribution is 5.85. The molecule has 17 heavy (non-hydrogen) atoms. The second-order valence-electron chi connectivity index (χ2n) is 4.47. The van der Waals surface area contributed by atoms with Gasteiger partial charge in [-0.2, -0.15) is 0 Å². The van der Waals surface area contributed by atoms with Gasteiger partial charge in [0, 0.05) is 12.6 Å². The quantitative estimate of drug-likeness (QED) is 0.817. The van der Waals surface area contributed by atoms with E-state index in [9.17, 15) is 4.79 Å². The number of carboxylic acid groups (broad SMARTS) is 1. The first-order chi connectivity index (χ1) is 8.22. The van der Waals surface area contributed by atoms with Crippen molar-refractivity contribution in [3.63, 3.8) is 0 Å². The van der Waals surface area contributed by atoms with E-state index in [-0.39, 0.29) is 5.69 Å². The molecule has 0 aliphatic heterocycles. The molecule has 0 atom stereocenters. The van der Waals surface area contributed by atoms with Crippen LogP contribution in [0, 0.1) is 0 Å². The van der Waals surface area contributed by atoms with Gasteiger partial charge in [0.05, 0.1) is 12.7 Å². The number of aromatic nitrogens is 2. The van der Waals surface area contributed by atoms with Gasteiger partial charge in [-0.25, -0.2) is 9.78 Å². The Hall–Kier alpha value is -1.36. The molecule has 0 bridgehead atoms. The second-order valence-corrected chi connectivity index (χ2v) is 4.47. The lowest BCUT2D eigenvalue weighted by atomic mass is 10.2. The largest absolute Gasteiger partial charge is 0.477 e. The lowest BCUT2D eigenvalue weighted by molar-refractivity contribution is 0.0685. The van der Waals surface area contributed by atoms with Crippen LogP contribution in [0.2, 0.25) is 0 Å². The van der Waals surface area contributed by atoms with Gasteiger partial charge in [0.1, 0.15) is 11.5 Å². The summed E-state index contributed by atoms with van der Waals surface area (Å²) < 4.78 is 1.75. The summed E-state index contributed by atoms with van der Waals surface area (Å²) in [6.45, 7) is 3.24. The molecule has 5 heteroatoms. The van der Waals surface area contributed by atoms with Crippen LogP contribution in [0.5, 0.6) is 0 Å². The van der Waals surface area contributed by atoms with Crippen LogP contribution in [0.1, 0.15) is 48.9 Å². The van der Waals surface area contributed by atoms with Crippen LogP contribution in [0.25, 0.3) is 0 Å². The maximum atomic E-state index is 11.0. The molecule has 2 N–H and O–H groups in total. The number of rotatable bonds is 5. The standard InChI is InChI=1S/C12H19N3O2/c1-2-15-10(12(16)17)7-14-11(15)8-13-9-5-3-4-6-9/h7,9,13H,2-6,8H2,1H3,(H,16,17). The number of nitrogens with zero attached hydrogens (tertiary/aromatic N) is 2. The highest BCUT2D eigenvalue weighted by Gasteiger charge is 2.17. The zero-order valence-electron chi connectivity index (χ0n) is 10.1. The fourth-order valence-electron chi connectivity index (χ4n) is 2.44. The van der Waals surface area contributed by atoms with Crippen LogP contribution in [-0.4, -0.2) is 26.7 Å². The van der Waals surface area contributed by atoms with Crippen molar-refractivity contribution in [2.75, 3.05) is 0 Å². The van der Waals surface area contributed by atoms with Crippen molar-refractivity contribution >= 4 is 5.97 Å². The normalized spacial score (nSPS) is 16.5. The van der Waals surface area contributed by atoms with Crippen LogP contribution in [0.4, 0.5) is 0 Å². The number of carboxylic acids is 1. The molecule has 1 aromatic rings. The van der Waals surface area contributed by atoms with Crippen molar-refractivity contribution in [3.8, 4) is 0 Å². The molecule has 1 aromatic heterocycles. The van der Waals surface area contributed by atoms with Crippen LogP contribution in [0.3, 0.4) is 0 Å². The van der Waals surface area contributed by atoms with Gasteiger partial charge in [-0.05, 0) is 19.8 Å². The average Bonchev–Trinajstić information content (AvgIpc) is 2.95. The molecule has 0 spiro atoms. The fraction of sp³-hybridized carbons (Fsp3) is 0.667. The number of hydrogen-bond acceptors (Lipinski definition) is 3. The highest BCUT2D eigenvalue weighted by atomic mass is 16.4. The summed E-state index contributed by atoms with van der Waals surface area (Å²) in [5, 5.41) is 12.5. The lowest BCUT2D eigenvalue weighted by Crippen LogP contribution is -2.27. The predicted octanol–water partition coefficient (Wildman–Crippen LogP) is 1.63. The number of aromatic carboxylic acids is 1. The van der Waals surface area contributed by atoms with Gasteiger partial charge in [-0.3, -0.25) is 0 Å². The first kappa shape index (κ1) is 12.1. The number of imidazole rings is 1. The monoisotopic (exact) mass is 237 g/mol.